The van der Waals surface area contributed by atoms with E-state index in [9.17, 15) is 0 Å². The Hall–Kier alpha value is -1.55. The summed E-state index contributed by atoms with van der Waals surface area (Å²) < 4.78 is 0. The van der Waals surface area contributed by atoms with Gasteiger partial charge in [-0.15, -0.1) is 0 Å². The lowest BCUT2D eigenvalue weighted by atomic mass is 10.2. The van der Waals surface area contributed by atoms with Crippen molar-refractivity contribution in [3.8, 4) is 0 Å². The molecule has 4 heteroatoms. The molecule has 0 aliphatic heterocycles. The minimum absolute atomic E-state index is 0.833. The van der Waals surface area contributed by atoms with Crippen LogP contribution in [0.25, 0.3) is 11.0 Å². The molecule has 0 bridgehead atoms. The van der Waals surface area contributed by atoms with Crippen molar-refractivity contribution in [3.05, 3.63) is 24.5 Å². The third-order valence-corrected chi connectivity index (χ3v) is 2.24. The number of hydrogen-bond donors (Lipinski definition) is 2. The molecule has 0 aliphatic rings. The number of aromatic amines is 1. The highest BCUT2D eigenvalue weighted by Gasteiger charge is 2.01. The number of rotatable bonds is 3. The molecule has 1 heterocycles. The van der Waals surface area contributed by atoms with Gasteiger partial charge in [-0.05, 0) is 25.2 Å². The maximum atomic E-state index is 4.18. The highest BCUT2D eigenvalue weighted by atomic mass is 15.2. The van der Waals surface area contributed by atoms with E-state index in [0.717, 1.165) is 17.7 Å². The van der Waals surface area contributed by atoms with Crippen molar-refractivity contribution in [2.75, 3.05) is 25.7 Å². The molecule has 1 aromatic carbocycles. The summed E-state index contributed by atoms with van der Waals surface area (Å²) in [6, 6.07) is 6.19. The number of hydrogen-bond acceptors (Lipinski definition) is 3. The van der Waals surface area contributed by atoms with Gasteiger partial charge in [0.15, 0.2) is 0 Å². The third-order valence-electron chi connectivity index (χ3n) is 2.24. The molecule has 0 unspecified atom stereocenters. The van der Waals surface area contributed by atoms with Crippen LogP contribution < -0.4 is 10.2 Å². The zero-order valence-corrected chi connectivity index (χ0v) is 8.41. The molecular formula is C10H14N4. The third kappa shape index (κ3) is 1.56. The van der Waals surface area contributed by atoms with Gasteiger partial charge in [0, 0.05) is 12.7 Å². The van der Waals surface area contributed by atoms with Gasteiger partial charge in [0.2, 0.25) is 0 Å². The summed E-state index contributed by atoms with van der Waals surface area (Å²) in [5.74, 6) is 0. The molecule has 2 rings (SSSR count). The molecule has 4 nitrogen and oxygen atoms in total. The smallest absolute Gasteiger partial charge is 0.0931 e. The van der Waals surface area contributed by atoms with E-state index in [4.69, 9.17) is 0 Å². The molecular weight excluding hydrogens is 176 g/mol. The topological polar surface area (TPSA) is 44.0 Å². The number of imidazole rings is 1. The molecule has 1 aromatic heterocycles. The van der Waals surface area contributed by atoms with Gasteiger partial charge in [-0.3, -0.25) is 0 Å². The minimum Gasteiger partial charge on any atom is -0.362 e. The monoisotopic (exact) mass is 190 g/mol. The number of nitrogens with one attached hydrogen (secondary N) is 2. The number of nitrogens with zero attached hydrogens (tertiary/aromatic N) is 2. The SMILES string of the molecule is CNCN(C)c1ccc2nc[nH]c2c1. The maximum absolute atomic E-state index is 4.18. The Morgan fingerprint density at radius 3 is 3.14 bits per heavy atom. The van der Waals surface area contributed by atoms with Crippen LogP contribution in [0.5, 0.6) is 0 Å². The van der Waals surface area contributed by atoms with Crippen molar-refractivity contribution in [1.82, 2.24) is 15.3 Å². The average Bonchev–Trinajstić information content (AvgIpc) is 2.64. The number of H-pyrrole nitrogens is 1. The molecule has 0 saturated heterocycles. The quantitative estimate of drug-likeness (QED) is 0.714. The van der Waals surface area contributed by atoms with E-state index in [1.54, 1.807) is 6.33 Å². The Kier molecular flexibility index (Phi) is 2.37. The Labute approximate surface area is 82.9 Å². The van der Waals surface area contributed by atoms with E-state index in [0.29, 0.717) is 0 Å². The van der Waals surface area contributed by atoms with Gasteiger partial charge in [0.25, 0.3) is 0 Å². The summed E-state index contributed by atoms with van der Waals surface area (Å²) in [6.45, 7) is 0.833. The van der Waals surface area contributed by atoms with Crippen LogP contribution in [-0.2, 0) is 0 Å². The molecule has 0 aliphatic carbocycles. The number of aromatic nitrogens is 2. The van der Waals surface area contributed by atoms with E-state index >= 15 is 0 Å². The number of benzene rings is 1. The summed E-state index contributed by atoms with van der Waals surface area (Å²) in [7, 11) is 3.99. The summed E-state index contributed by atoms with van der Waals surface area (Å²) >= 11 is 0. The average molecular weight is 190 g/mol. The van der Waals surface area contributed by atoms with Crippen LogP contribution in [0.1, 0.15) is 0 Å². The van der Waals surface area contributed by atoms with Gasteiger partial charge in [-0.2, -0.15) is 0 Å². The normalized spacial score (nSPS) is 10.7. The van der Waals surface area contributed by atoms with Crippen LogP contribution in [0, 0.1) is 0 Å². The molecule has 2 N–H and O–H groups in total. The first-order chi connectivity index (χ1) is 6.81. The Morgan fingerprint density at radius 1 is 1.50 bits per heavy atom. The van der Waals surface area contributed by atoms with Crippen LogP contribution in [0.3, 0.4) is 0 Å². The van der Waals surface area contributed by atoms with Gasteiger partial charge in [-0.1, -0.05) is 0 Å². The second kappa shape index (κ2) is 3.67. The van der Waals surface area contributed by atoms with Crippen molar-refractivity contribution in [1.29, 1.82) is 0 Å². The second-order valence-corrected chi connectivity index (χ2v) is 3.31. The molecule has 2 aromatic rings. The predicted octanol–water partition coefficient (Wildman–Crippen LogP) is 1.18. The Bertz CT molecular complexity index is 421. The van der Waals surface area contributed by atoms with E-state index < -0.39 is 0 Å². The molecule has 74 valence electrons. The minimum atomic E-state index is 0.833. The molecule has 0 atom stereocenters. The van der Waals surface area contributed by atoms with E-state index in [2.05, 4.69) is 32.3 Å². The van der Waals surface area contributed by atoms with Crippen molar-refractivity contribution in [2.45, 2.75) is 0 Å². The van der Waals surface area contributed by atoms with Gasteiger partial charge in [-0.25, -0.2) is 4.98 Å². The second-order valence-electron chi connectivity index (χ2n) is 3.31. The molecule has 0 amide bonds. The molecule has 0 fully saturated rings. The maximum Gasteiger partial charge on any atom is 0.0931 e. The highest BCUT2D eigenvalue weighted by Crippen LogP contribution is 2.17. The summed E-state index contributed by atoms with van der Waals surface area (Å²) in [5, 5.41) is 3.11. The van der Waals surface area contributed by atoms with Crippen LogP contribution in [0.4, 0.5) is 5.69 Å². The lowest BCUT2D eigenvalue weighted by molar-refractivity contribution is 0.777. The fraction of sp³-hybridized carbons (Fsp3) is 0.300. The zero-order chi connectivity index (χ0) is 9.97. The molecule has 0 spiro atoms. The van der Waals surface area contributed by atoms with Gasteiger partial charge in [0.1, 0.15) is 0 Å². The van der Waals surface area contributed by atoms with E-state index in [-0.39, 0.29) is 0 Å². The van der Waals surface area contributed by atoms with Crippen molar-refractivity contribution >= 4 is 16.7 Å². The summed E-state index contributed by atoms with van der Waals surface area (Å²) in [4.78, 5) is 9.41. The molecule has 0 radical (unpaired) electrons. The van der Waals surface area contributed by atoms with Crippen molar-refractivity contribution < 1.29 is 0 Å². The summed E-state index contributed by atoms with van der Waals surface area (Å²) in [5.41, 5.74) is 3.26. The van der Waals surface area contributed by atoms with E-state index in [1.807, 2.05) is 20.2 Å². The van der Waals surface area contributed by atoms with E-state index in [1.165, 1.54) is 5.69 Å². The first kappa shape index (κ1) is 9.02. The van der Waals surface area contributed by atoms with Gasteiger partial charge >= 0.3 is 0 Å². The Morgan fingerprint density at radius 2 is 2.36 bits per heavy atom. The largest absolute Gasteiger partial charge is 0.362 e. The highest BCUT2D eigenvalue weighted by molar-refractivity contribution is 5.78. The lowest BCUT2D eigenvalue weighted by Gasteiger charge is -2.18. The molecule has 14 heavy (non-hydrogen) atoms. The van der Waals surface area contributed by atoms with Crippen LogP contribution in [-0.4, -0.2) is 30.7 Å². The fourth-order valence-corrected chi connectivity index (χ4v) is 1.49. The van der Waals surface area contributed by atoms with Crippen LogP contribution >= 0.6 is 0 Å². The summed E-state index contributed by atoms with van der Waals surface area (Å²) in [6.07, 6.45) is 1.71. The van der Waals surface area contributed by atoms with Crippen molar-refractivity contribution in [3.63, 3.8) is 0 Å². The number of fused-ring (bicyclic) bond motifs is 1. The fourth-order valence-electron chi connectivity index (χ4n) is 1.49. The number of anilines is 1. The Balaban J connectivity index is 2.33. The standard InChI is InChI=1S/C10H14N4/c1-11-7-14(2)8-3-4-9-10(5-8)13-6-12-9/h3-6,11H,7H2,1-2H3,(H,12,13). The van der Waals surface area contributed by atoms with Gasteiger partial charge < -0.3 is 15.2 Å². The van der Waals surface area contributed by atoms with Crippen LogP contribution in [0.15, 0.2) is 24.5 Å². The predicted molar refractivity (Wildman–Crippen MR) is 58.4 cm³/mol. The van der Waals surface area contributed by atoms with Crippen molar-refractivity contribution in [2.24, 2.45) is 0 Å². The molecule has 0 saturated carbocycles. The lowest BCUT2D eigenvalue weighted by Crippen LogP contribution is -2.28. The van der Waals surface area contributed by atoms with Gasteiger partial charge in [0.05, 0.1) is 24.0 Å². The van der Waals surface area contributed by atoms with Crippen LogP contribution in [0.2, 0.25) is 0 Å². The first-order valence-electron chi connectivity index (χ1n) is 4.60. The first-order valence-corrected chi connectivity index (χ1v) is 4.60. The zero-order valence-electron chi connectivity index (χ0n) is 8.41.